The summed E-state index contributed by atoms with van der Waals surface area (Å²) in [5.41, 5.74) is 2.05. The summed E-state index contributed by atoms with van der Waals surface area (Å²) in [5.74, 6) is 4.37. The first-order valence-electron chi connectivity index (χ1n) is 8.19. The number of hydrogen-bond donors (Lipinski definition) is 0. The van der Waals surface area contributed by atoms with Crippen LogP contribution in [0.15, 0.2) is 35.6 Å². The van der Waals surface area contributed by atoms with Gasteiger partial charge in [0.25, 0.3) is 0 Å². The minimum Gasteiger partial charge on any atom is -0.497 e. The van der Waals surface area contributed by atoms with E-state index in [1.165, 1.54) is 37.7 Å². The average molecular weight is 269 g/mol. The molecule has 0 aromatic heterocycles. The summed E-state index contributed by atoms with van der Waals surface area (Å²) >= 11 is 0. The van der Waals surface area contributed by atoms with Crippen LogP contribution in [0.2, 0.25) is 0 Å². The van der Waals surface area contributed by atoms with Gasteiger partial charge in [0.1, 0.15) is 5.76 Å². The molecule has 20 heavy (non-hydrogen) atoms. The van der Waals surface area contributed by atoms with Gasteiger partial charge in [0.05, 0.1) is 7.11 Å². The Morgan fingerprint density at radius 2 is 2.15 bits per heavy atom. The van der Waals surface area contributed by atoms with Crippen LogP contribution in [0.4, 0.5) is 0 Å². The van der Waals surface area contributed by atoms with Crippen molar-refractivity contribution in [1.29, 1.82) is 0 Å². The summed E-state index contributed by atoms with van der Waals surface area (Å²) < 4.78 is 5.39. The third-order valence-electron chi connectivity index (χ3n) is 6.50. The van der Waals surface area contributed by atoms with Gasteiger partial charge in [-0.05, 0) is 79.4 Å². The van der Waals surface area contributed by atoms with Gasteiger partial charge in [0, 0.05) is 5.92 Å². The summed E-state index contributed by atoms with van der Waals surface area (Å²) in [6.45, 7) is 2.51. The molecule has 0 saturated heterocycles. The van der Waals surface area contributed by atoms with Crippen molar-refractivity contribution < 1.29 is 4.74 Å². The zero-order valence-electron chi connectivity index (χ0n) is 12.6. The van der Waals surface area contributed by atoms with E-state index in [1.807, 2.05) is 0 Å². The van der Waals surface area contributed by atoms with Crippen molar-refractivity contribution in [1.82, 2.24) is 0 Å². The molecular formula is C19H25O. The van der Waals surface area contributed by atoms with E-state index in [0.29, 0.717) is 11.3 Å². The van der Waals surface area contributed by atoms with Crippen LogP contribution in [0.3, 0.4) is 0 Å². The Balaban J connectivity index is 1.65. The second kappa shape index (κ2) is 4.51. The molecule has 2 fully saturated rings. The Morgan fingerprint density at radius 3 is 3.00 bits per heavy atom. The van der Waals surface area contributed by atoms with Crippen molar-refractivity contribution in [2.75, 3.05) is 7.11 Å². The first kappa shape index (κ1) is 12.7. The normalized spacial score (nSPS) is 45.9. The molecule has 0 aromatic carbocycles. The van der Waals surface area contributed by atoms with Crippen molar-refractivity contribution in [3.63, 3.8) is 0 Å². The van der Waals surface area contributed by atoms with E-state index in [-0.39, 0.29) is 0 Å². The van der Waals surface area contributed by atoms with E-state index in [9.17, 15) is 0 Å². The Kier molecular flexibility index (Phi) is 2.87. The van der Waals surface area contributed by atoms with E-state index < -0.39 is 0 Å². The van der Waals surface area contributed by atoms with Crippen molar-refractivity contribution in [2.24, 2.45) is 29.1 Å². The number of methoxy groups -OCH3 is 1. The van der Waals surface area contributed by atoms with Gasteiger partial charge in [0.2, 0.25) is 0 Å². The highest BCUT2D eigenvalue weighted by molar-refractivity contribution is 5.39. The van der Waals surface area contributed by atoms with Crippen LogP contribution in [0.25, 0.3) is 0 Å². The summed E-state index contributed by atoms with van der Waals surface area (Å²) in [5, 5.41) is 0. The zero-order valence-corrected chi connectivity index (χ0v) is 12.6. The van der Waals surface area contributed by atoms with E-state index in [4.69, 9.17) is 4.74 Å². The van der Waals surface area contributed by atoms with Crippen LogP contribution in [0.5, 0.6) is 0 Å². The van der Waals surface area contributed by atoms with E-state index in [2.05, 4.69) is 37.6 Å². The Bertz CT molecular complexity index is 498. The maximum Gasteiger partial charge on any atom is 0.118 e. The highest BCUT2D eigenvalue weighted by Crippen LogP contribution is 2.60. The minimum atomic E-state index is 0.540. The molecule has 4 aliphatic carbocycles. The van der Waals surface area contributed by atoms with Crippen molar-refractivity contribution in [2.45, 2.75) is 39.0 Å². The lowest BCUT2D eigenvalue weighted by Crippen LogP contribution is -2.42. The molecule has 4 aliphatic rings. The van der Waals surface area contributed by atoms with Crippen LogP contribution in [0.1, 0.15) is 39.0 Å². The third kappa shape index (κ3) is 1.75. The number of ether oxygens (including phenoxy) is 1. The third-order valence-corrected chi connectivity index (χ3v) is 6.50. The first-order chi connectivity index (χ1) is 9.71. The Labute approximate surface area is 122 Å². The molecule has 1 radical (unpaired) electrons. The molecule has 4 rings (SSSR count). The van der Waals surface area contributed by atoms with Crippen molar-refractivity contribution in [3.8, 4) is 0 Å². The molecule has 0 N–H and O–H groups in total. The van der Waals surface area contributed by atoms with Gasteiger partial charge < -0.3 is 4.74 Å². The van der Waals surface area contributed by atoms with Crippen LogP contribution < -0.4 is 0 Å². The average Bonchev–Trinajstić information content (AvgIpc) is 2.88. The summed E-state index contributed by atoms with van der Waals surface area (Å²) in [4.78, 5) is 0. The molecule has 0 amide bonds. The SMILES string of the molecule is COC1=CC2=CC[C@@H]3[C@H](CC[C@]4(C)[CH]CC[C@@H]34)[C@H]2C=C1. The van der Waals surface area contributed by atoms with E-state index >= 15 is 0 Å². The van der Waals surface area contributed by atoms with Crippen molar-refractivity contribution >= 4 is 0 Å². The molecular weight excluding hydrogens is 244 g/mol. The number of rotatable bonds is 1. The number of allylic oxidation sites excluding steroid dienone is 5. The van der Waals surface area contributed by atoms with Gasteiger partial charge in [-0.2, -0.15) is 0 Å². The monoisotopic (exact) mass is 269 g/mol. The smallest absolute Gasteiger partial charge is 0.118 e. The summed E-state index contributed by atoms with van der Waals surface area (Å²) in [6, 6.07) is 0. The lowest BCUT2D eigenvalue weighted by Gasteiger charge is -2.50. The predicted octanol–water partition coefficient (Wildman–Crippen LogP) is 4.68. The highest BCUT2D eigenvalue weighted by Gasteiger charge is 2.51. The molecule has 1 heteroatoms. The molecule has 0 heterocycles. The molecule has 0 aliphatic heterocycles. The quantitative estimate of drug-likeness (QED) is 0.671. The maximum atomic E-state index is 5.39. The van der Waals surface area contributed by atoms with E-state index in [0.717, 1.165) is 23.5 Å². The number of fused-ring (bicyclic) bond motifs is 5. The standard InChI is InChI=1S/C19H25O/c1-19-10-3-4-18(19)17-7-5-13-12-14(20-2)6-8-15(13)16(17)9-11-19/h5-6,8,10,12,15-18H,3-4,7,9,11H2,1-2H3/t15-,16+,17+,18-,19-/m0/s1. The lowest BCUT2D eigenvalue weighted by atomic mass is 9.54. The minimum absolute atomic E-state index is 0.540. The molecule has 2 saturated carbocycles. The molecule has 5 atom stereocenters. The van der Waals surface area contributed by atoms with Crippen molar-refractivity contribution in [3.05, 3.63) is 42.1 Å². The van der Waals surface area contributed by atoms with Crippen LogP contribution in [0, 0.1) is 35.5 Å². The van der Waals surface area contributed by atoms with Gasteiger partial charge in [0.15, 0.2) is 0 Å². The second-order valence-corrected chi connectivity index (χ2v) is 7.34. The Hall–Kier alpha value is -0.980. The van der Waals surface area contributed by atoms with Crippen LogP contribution in [-0.4, -0.2) is 7.11 Å². The fourth-order valence-corrected chi connectivity index (χ4v) is 5.44. The zero-order chi connectivity index (χ0) is 13.7. The molecule has 1 nitrogen and oxygen atoms in total. The second-order valence-electron chi connectivity index (χ2n) is 7.34. The van der Waals surface area contributed by atoms with Crippen LogP contribution in [-0.2, 0) is 4.74 Å². The molecule has 107 valence electrons. The molecule has 0 unspecified atom stereocenters. The maximum absolute atomic E-state index is 5.39. The first-order valence-corrected chi connectivity index (χ1v) is 8.19. The predicted molar refractivity (Wildman–Crippen MR) is 81.8 cm³/mol. The van der Waals surface area contributed by atoms with Crippen LogP contribution >= 0.6 is 0 Å². The van der Waals surface area contributed by atoms with Gasteiger partial charge >= 0.3 is 0 Å². The lowest BCUT2D eigenvalue weighted by molar-refractivity contribution is 0.0404. The summed E-state index contributed by atoms with van der Waals surface area (Å²) in [7, 11) is 1.77. The van der Waals surface area contributed by atoms with Gasteiger partial charge in [-0.15, -0.1) is 0 Å². The van der Waals surface area contributed by atoms with Gasteiger partial charge in [-0.1, -0.05) is 19.1 Å². The fraction of sp³-hybridized carbons (Fsp3) is 0.632. The van der Waals surface area contributed by atoms with Gasteiger partial charge in [-0.3, -0.25) is 0 Å². The van der Waals surface area contributed by atoms with Gasteiger partial charge in [-0.25, -0.2) is 0 Å². The highest BCUT2D eigenvalue weighted by atomic mass is 16.5. The molecule has 0 aromatic rings. The Morgan fingerprint density at radius 1 is 1.25 bits per heavy atom. The number of hydrogen-bond acceptors (Lipinski definition) is 1. The fourth-order valence-electron chi connectivity index (χ4n) is 5.44. The summed E-state index contributed by atoms with van der Waals surface area (Å²) in [6.07, 6.45) is 18.8. The topological polar surface area (TPSA) is 9.23 Å². The van der Waals surface area contributed by atoms with E-state index in [1.54, 1.807) is 7.11 Å². The largest absolute Gasteiger partial charge is 0.497 e. The molecule has 0 spiro atoms. The molecule has 0 bridgehead atoms.